The standard InChI is InChI=1S/C14H17N3O2/c1-14(2,3)13-16-12(19-17-13)9-5-4-6-10-11(9)18-8-7-15-10/h4-6,15H,7-8H2,1-3H3. The number of hydrogen-bond donors (Lipinski definition) is 1. The van der Waals surface area contributed by atoms with E-state index in [0.717, 1.165) is 23.5 Å². The molecule has 1 aliphatic rings. The highest BCUT2D eigenvalue weighted by Gasteiger charge is 2.24. The van der Waals surface area contributed by atoms with Gasteiger partial charge in [0.05, 0.1) is 11.3 Å². The lowest BCUT2D eigenvalue weighted by atomic mass is 9.96. The van der Waals surface area contributed by atoms with Crippen molar-refractivity contribution in [2.45, 2.75) is 26.2 Å². The van der Waals surface area contributed by atoms with Crippen LogP contribution in [0.1, 0.15) is 26.6 Å². The summed E-state index contributed by atoms with van der Waals surface area (Å²) < 4.78 is 11.1. The van der Waals surface area contributed by atoms with Gasteiger partial charge >= 0.3 is 0 Å². The summed E-state index contributed by atoms with van der Waals surface area (Å²) in [7, 11) is 0. The Morgan fingerprint density at radius 2 is 2.11 bits per heavy atom. The van der Waals surface area contributed by atoms with Gasteiger partial charge in [0.15, 0.2) is 11.6 Å². The summed E-state index contributed by atoms with van der Waals surface area (Å²) in [5.41, 5.74) is 1.68. The highest BCUT2D eigenvalue weighted by atomic mass is 16.5. The fourth-order valence-corrected chi connectivity index (χ4v) is 1.98. The molecule has 0 aliphatic carbocycles. The molecule has 2 heterocycles. The zero-order valence-corrected chi connectivity index (χ0v) is 11.4. The van der Waals surface area contributed by atoms with E-state index in [1.165, 1.54) is 0 Å². The first-order valence-electron chi connectivity index (χ1n) is 6.40. The minimum atomic E-state index is -0.129. The Bertz CT molecular complexity index is 599. The van der Waals surface area contributed by atoms with Crippen molar-refractivity contribution >= 4 is 5.69 Å². The molecule has 0 saturated heterocycles. The number of aromatic nitrogens is 2. The van der Waals surface area contributed by atoms with Crippen LogP contribution in [0.15, 0.2) is 22.7 Å². The van der Waals surface area contributed by atoms with Crippen molar-refractivity contribution in [3.63, 3.8) is 0 Å². The van der Waals surface area contributed by atoms with Crippen LogP contribution >= 0.6 is 0 Å². The van der Waals surface area contributed by atoms with Crippen LogP contribution in [0.5, 0.6) is 5.75 Å². The highest BCUT2D eigenvalue weighted by Crippen LogP contribution is 2.37. The summed E-state index contributed by atoms with van der Waals surface area (Å²) in [4.78, 5) is 4.47. The molecule has 5 nitrogen and oxygen atoms in total. The average molecular weight is 259 g/mol. The van der Waals surface area contributed by atoms with E-state index in [4.69, 9.17) is 9.26 Å². The Kier molecular flexibility index (Phi) is 2.69. The highest BCUT2D eigenvalue weighted by molar-refractivity contribution is 5.74. The molecule has 100 valence electrons. The molecule has 0 fully saturated rings. The van der Waals surface area contributed by atoms with Crippen molar-refractivity contribution < 1.29 is 9.26 Å². The van der Waals surface area contributed by atoms with Gasteiger partial charge in [-0.1, -0.05) is 32.0 Å². The van der Waals surface area contributed by atoms with Crippen LogP contribution in [0.4, 0.5) is 5.69 Å². The predicted octanol–water partition coefficient (Wildman–Crippen LogP) is 2.84. The second-order valence-corrected chi connectivity index (χ2v) is 5.63. The molecule has 1 aromatic carbocycles. The maximum absolute atomic E-state index is 5.71. The summed E-state index contributed by atoms with van der Waals surface area (Å²) >= 11 is 0. The van der Waals surface area contributed by atoms with Gasteiger partial charge in [-0.3, -0.25) is 0 Å². The van der Waals surface area contributed by atoms with E-state index in [9.17, 15) is 0 Å². The van der Waals surface area contributed by atoms with Crippen LogP contribution in [0, 0.1) is 0 Å². The molecular formula is C14H17N3O2. The summed E-state index contributed by atoms with van der Waals surface area (Å²) in [6.07, 6.45) is 0. The minimum absolute atomic E-state index is 0.129. The third-order valence-corrected chi connectivity index (χ3v) is 3.01. The van der Waals surface area contributed by atoms with Crippen molar-refractivity contribution in [2.24, 2.45) is 0 Å². The Morgan fingerprint density at radius 3 is 2.84 bits per heavy atom. The van der Waals surface area contributed by atoms with E-state index in [1.807, 2.05) is 18.2 Å². The fourth-order valence-electron chi connectivity index (χ4n) is 1.98. The lowest BCUT2D eigenvalue weighted by molar-refractivity contribution is 0.322. The van der Waals surface area contributed by atoms with Crippen LogP contribution in [0.2, 0.25) is 0 Å². The first-order valence-corrected chi connectivity index (χ1v) is 6.40. The molecule has 5 heteroatoms. The lowest BCUT2D eigenvalue weighted by Crippen LogP contribution is -2.18. The number of hydrogen-bond acceptors (Lipinski definition) is 5. The van der Waals surface area contributed by atoms with Crippen LogP contribution in [0.3, 0.4) is 0 Å². The predicted molar refractivity (Wildman–Crippen MR) is 72.4 cm³/mol. The van der Waals surface area contributed by atoms with Gasteiger partial charge in [0, 0.05) is 12.0 Å². The Morgan fingerprint density at radius 1 is 1.26 bits per heavy atom. The van der Waals surface area contributed by atoms with Crippen molar-refractivity contribution in [3.05, 3.63) is 24.0 Å². The Hall–Kier alpha value is -2.04. The molecule has 0 saturated carbocycles. The summed E-state index contributed by atoms with van der Waals surface area (Å²) in [6, 6.07) is 5.88. The molecule has 0 bridgehead atoms. The number of benzene rings is 1. The topological polar surface area (TPSA) is 60.2 Å². The van der Waals surface area contributed by atoms with Crippen molar-refractivity contribution in [2.75, 3.05) is 18.5 Å². The molecule has 0 unspecified atom stereocenters. The summed E-state index contributed by atoms with van der Waals surface area (Å²) in [5, 5.41) is 7.35. The van der Waals surface area contributed by atoms with Crippen molar-refractivity contribution in [1.29, 1.82) is 0 Å². The van der Waals surface area contributed by atoms with Gasteiger partial charge in [0.2, 0.25) is 0 Å². The average Bonchev–Trinajstić information content (AvgIpc) is 2.87. The van der Waals surface area contributed by atoms with Gasteiger partial charge in [-0.05, 0) is 12.1 Å². The van der Waals surface area contributed by atoms with Gasteiger partial charge in [0.1, 0.15) is 6.61 Å². The van der Waals surface area contributed by atoms with Crippen molar-refractivity contribution in [1.82, 2.24) is 10.1 Å². The maximum Gasteiger partial charge on any atom is 0.261 e. The van der Waals surface area contributed by atoms with E-state index in [2.05, 4.69) is 36.2 Å². The van der Waals surface area contributed by atoms with Crippen LogP contribution < -0.4 is 10.1 Å². The van der Waals surface area contributed by atoms with Crippen molar-refractivity contribution in [3.8, 4) is 17.2 Å². The second kappa shape index (κ2) is 4.26. The zero-order chi connectivity index (χ0) is 13.5. The van der Waals surface area contributed by atoms with E-state index >= 15 is 0 Å². The second-order valence-electron chi connectivity index (χ2n) is 5.63. The SMILES string of the molecule is CC(C)(C)c1noc(-c2cccc3c2OCCN3)n1. The van der Waals surface area contributed by atoms with E-state index in [1.54, 1.807) is 0 Å². The van der Waals surface area contributed by atoms with Gasteiger partial charge in [-0.15, -0.1) is 0 Å². The molecule has 1 N–H and O–H groups in total. The number of para-hydroxylation sites is 1. The number of anilines is 1. The molecular weight excluding hydrogens is 242 g/mol. The third-order valence-electron chi connectivity index (χ3n) is 3.01. The van der Waals surface area contributed by atoms with Gasteiger partial charge in [-0.2, -0.15) is 4.98 Å². The molecule has 19 heavy (non-hydrogen) atoms. The number of fused-ring (bicyclic) bond motifs is 1. The molecule has 2 aromatic rings. The van der Waals surface area contributed by atoms with Gasteiger partial charge in [-0.25, -0.2) is 0 Å². The smallest absolute Gasteiger partial charge is 0.261 e. The number of rotatable bonds is 1. The number of nitrogens with one attached hydrogen (secondary N) is 1. The molecule has 1 aliphatic heterocycles. The van der Waals surface area contributed by atoms with Gasteiger partial charge < -0.3 is 14.6 Å². The number of ether oxygens (including phenoxy) is 1. The fraction of sp³-hybridized carbons (Fsp3) is 0.429. The molecule has 0 atom stereocenters. The number of nitrogens with zero attached hydrogens (tertiary/aromatic N) is 2. The largest absolute Gasteiger partial charge is 0.489 e. The summed E-state index contributed by atoms with van der Waals surface area (Å²) in [6.45, 7) is 7.62. The molecule has 0 radical (unpaired) electrons. The van der Waals surface area contributed by atoms with Gasteiger partial charge in [0.25, 0.3) is 5.89 Å². The summed E-state index contributed by atoms with van der Waals surface area (Å²) in [5.74, 6) is 1.99. The van der Waals surface area contributed by atoms with Crippen LogP contribution in [0.25, 0.3) is 11.5 Å². The molecule has 3 rings (SSSR count). The zero-order valence-electron chi connectivity index (χ0n) is 11.4. The quantitative estimate of drug-likeness (QED) is 0.853. The Labute approximate surface area is 112 Å². The third kappa shape index (κ3) is 2.16. The normalized spacial score (nSPS) is 14.5. The van der Waals surface area contributed by atoms with E-state index < -0.39 is 0 Å². The minimum Gasteiger partial charge on any atom is -0.489 e. The first-order chi connectivity index (χ1) is 9.05. The van der Waals surface area contributed by atoms with Crippen LogP contribution in [-0.4, -0.2) is 23.3 Å². The molecule has 0 spiro atoms. The van der Waals surface area contributed by atoms with Crippen LogP contribution in [-0.2, 0) is 5.41 Å². The monoisotopic (exact) mass is 259 g/mol. The maximum atomic E-state index is 5.71. The molecule has 0 amide bonds. The van der Waals surface area contributed by atoms with E-state index in [0.29, 0.717) is 18.3 Å². The first kappa shape index (κ1) is 12.0. The molecule has 1 aromatic heterocycles. The van der Waals surface area contributed by atoms with E-state index in [-0.39, 0.29) is 5.41 Å². The Balaban J connectivity index is 2.05. The lowest BCUT2D eigenvalue weighted by Gasteiger charge is -2.20.